The fourth-order valence-corrected chi connectivity index (χ4v) is 3.41. The van der Waals surface area contributed by atoms with Crippen LogP contribution in [-0.4, -0.2) is 26.1 Å². The molecular weight excluding hydrogens is 282 g/mol. The monoisotopic (exact) mass is 301 g/mol. The van der Waals surface area contributed by atoms with Crippen LogP contribution in [-0.2, 0) is 9.84 Å². The standard InChI is InChI=1S/C14H20ClNO2S/c1-19(17,18)12-9-7-11(8-10-12)16-14-6-4-2-3-5-13(14)15/h7-10,13-14,16H,2-6H2,1H3. The molecule has 0 radical (unpaired) electrons. The van der Waals surface area contributed by atoms with Gasteiger partial charge in [-0.05, 0) is 37.1 Å². The molecule has 2 unspecified atom stereocenters. The first-order valence-electron chi connectivity index (χ1n) is 6.67. The Kier molecular flexibility index (Phi) is 4.74. The van der Waals surface area contributed by atoms with Crippen LogP contribution in [0.2, 0.25) is 0 Å². The highest BCUT2D eigenvalue weighted by atomic mass is 35.5. The number of alkyl halides is 1. The molecule has 0 bridgehead atoms. The minimum atomic E-state index is -3.12. The van der Waals surface area contributed by atoms with Crippen LogP contribution in [0.25, 0.3) is 0 Å². The van der Waals surface area contributed by atoms with Crippen molar-refractivity contribution in [1.29, 1.82) is 0 Å². The summed E-state index contributed by atoms with van der Waals surface area (Å²) in [4.78, 5) is 0.348. The zero-order chi connectivity index (χ0) is 13.9. The predicted molar refractivity (Wildman–Crippen MR) is 79.7 cm³/mol. The Morgan fingerprint density at radius 1 is 1.11 bits per heavy atom. The molecule has 1 fully saturated rings. The maximum Gasteiger partial charge on any atom is 0.175 e. The van der Waals surface area contributed by atoms with Crippen LogP contribution in [0.5, 0.6) is 0 Å². The summed E-state index contributed by atoms with van der Waals surface area (Å²) in [6, 6.07) is 7.17. The predicted octanol–water partition coefficient (Wildman–Crippen LogP) is 3.44. The molecule has 0 aromatic heterocycles. The largest absolute Gasteiger partial charge is 0.381 e. The first-order chi connectivity index (χ1) is 8.97. The average Bonchev–Trinajstić information content (AvgIpc) is 2.55. The van der Waals surface area contributed by atoms with E-state index in [1.807, 2.05) is 12.1 Å². The van der Waals surface area contributed by atoms with Gasteiger partial charge >= 0.3 is 0 Å². The van der Waals surface area contributed by atoms with Gasteiger partial charge in [0, 0.05) is 18.0 Å². The summed E-state index contributed by atoms with van der Waals surface area (Å²) in [5, 5.41) is 3.57. The molecule has 1 aliphatic rings. The van der Waals surface area contributed by atoms with E-state index in [1.165, 1.54) is 25.5 Å². The van der Waals surface area contributed by atoms with Crippen molar-refractivity contribution in [2.45, 2.75) is 48.4 Å². The van der Waals surface area contributed by atoms with Crippen LogP contribution in [0.15, 0.2) is 29.2 Å². The van der Waals surface area contributed by atoms with Crippen molar-refractivity contribution in [3.63, 3.8) is 0 Å². The lowest BCUT2D eigenvalue weighted by Gasteiger charge is -2.22. The maximum absolute atomic E-state index is 11.4. The van der Waals surface area contributed by atoms with E-state index in [0.29, 0.717) is 4.90 Å². The van der Waals surface area contributed by atoms with Crippen molar-refractivity contribution in [1.82, 2.24) is 0 Å². The molecule has 0 saturated heterocycles. The second-order valence-electron chi connectivity index (χ2n) is 5.20. The van der Waals surface area contributed by atoms with E-state index in [4.69, 9.17) is 11.6 Å². The fraction of sp³-hybridized carbons (Fsp3) is 0.571. The summed E-state index contributed by atoms with van der Waals surface area (Å²) in [5.41, 5.74) is 0.935. The summed E-state index contributed by atoms with van der Waals surface area (Å²) in [6.45, 7) is 0. The number of nitrogens with one attached hydrogen (secondary N) is 1. The van der Waals surface area contributed by atoms with Crippen LogP contribution in [0.3, 0.4) is 0 Å². The van der Waals surface area contributed by atoms with Crippen LogP contribution in [0.1, 0.15) is 32.1 Å². The van der Waals surface area contributed by atoms with Gasteiger partial charge in [-0.1, -0.05) is 19.3 Å². The van der Waals surface area contributed by atoms with Crippen molar-refractivity contribution in [3.8, 4) is 0 Å². The highest BCUT2D eigenvalue weighted by Crippen LogP contribution is 2.25. The van der Waals surface area contributed by atoms with Gasteiger partial charge < -0.3 is 5.32 Å². The average molecular weight is 302 g/mol. The first-order valence-corrected chi connectivity index (χ1v) is 9.00. The molecule has 19 heavy (non-hydrogen) atoms. The molecule has 1 aromatic rings. The quantitative estimate of drug-likeness (QED) is 0.687. The summed E-state index contributed by atoms with van der Waals surface area (Å²) < 4.78 is 22.8. The van der Waals surface area contributed by atoms with Crippen LogP contribution >= 0.6 is 11.6 Å². The molecule has 1 aliphatic carbocycles. The van der Waals surface area contributed by atoms with E-state index in [2.05, 4.69) is 5.32 Å². The lowest BCUT2D eigenvalue weighted by Crippen LogP contribution is -2.28. The van der Waals surface area contributed by atoms with Gasteiger partial charge in [-0.15, -0.1) is 11.6 Å². The highest BCUT2D eigenvalue weighted by Gasteiger charge is 2.21. The van der Waals surface area contributed by atoms with Gasteiger partial charge in [-0.25, -0.2) is 8.42 Å². The topological polar surface area (TPSA) is 46.2 Å². The van der Waals surface area contributed by atoms with Crippen LogP contribution in [0, 0.1) is 0 Å². The van der Waals surface area contributed by atoms with Crippen LogP contribution in [0.4, 0.5) is 5.69 Å². The second-order valence-corrected chi connectivity index (χ2v) is 7.78. The Morgan fingerprint density at radius 3 is 2.37 bits per heavy atom. The van der Waals surface area contributed by atoms with Gasteiger partial charge in [-0.3, -0.25) is 0 Å². The molecular formula is C14H20ClNO2S. The molecule has 0 heterocycles. The van der Waals surface area contributed by atoms with Gasteiger partial charge in [0.1, 0.15) is 0 Å². The molecule has 1 saturated carbocycles. The Labute approximate surface area is 120 Å². The zero-order valence-corrected chi connectivity index (χ0v) is 12.7. The van der Waals surface area contributed by atoms with E-state index in [1.54, 1.807) is 12.1 Å². The minimum Gasteiger partial charge on any atom is -0.381 e. The SMILES string of the molecule is CS(=O)(=O)c1ccc(NC2CCCCCC2Cl)cc1. The number of halogens is 1. The lowest BCUT2D eigenvalue weighted by atomic mass is 10.1. The summed E-state index contributed by atoms with van der Waals surface area (Å²) in [7, 11) is -3.12. The van der Waals surface area contributed by atoms with Crippen molar-refractivity contribution < 1.29 is 8.42 Å². The molecule has 1 aromatic carbocycles. The molecule has 3 nitrogen and oxygen atoms in total. The van der Waals surface area contributed by atoms with Gasteiger partial charge in [0.05, 0.1) is 10.3 Å². The summed E-state index contributed by atoms with van der Waals surface area (Å²) in [6.07, 6.45) is 6.97. The van der Waals surface area contributed by atoms with E-state index in [0.717, 1.165) is 18.5 Å². The minimum absolute atomic E-state index is 0.150. The number of benzene rings is 1. The van der Waals surface area contributed by atoms with Gasteiger partial charge in [-0.2, -0.15) is 0 Å². The van der Waals surface area contributed by atoms with E-state index >= 15 is 0 Å². The third-order valence-electron chi connectivity index (χ3n) is 3.57. The number of sulfone groups is 1. The third kappa shape index (κ3) is 4.11. The van der Waals surface area contributed by atoms with Crippen LogP contribution < -0.4 is 5.32 Å². The number of rotatable bonds is 3. The van der Waals surface area contributed by atoms with Crippen molar-refractivity contribution in [2.24, 2.45) is 0 Å². The summed E-state index contributed by atoms with van der Waals surface area (Å²) >= 11 is 6.38. The van der Waals surface area contributed by atoms with Crippen molar-refractivity contribution in [3.05, 3.63) is 24.3 Å². The maximum atomic E-state index is 11.4. The Hall–Kier alpha value is -0.740. The molecule has 1 N–H and O–H groups in total. The van der Waals surface area contributed by atoms with Gasteiger partial charge in [0.2, 0.25) is 0 Å². The molecule has 106 valence electrons. The van der Waals surface area contributed by atoms with Gasteiger partial charge in [0.15, 0.2) is 9.84 Å². The lowest BCUT2D eigenvalue weighted by molar-refractivity contribution is 0.602. The van der Waals surface area contributed by atoms with Crippen molar-refractivity contribution in [2.75, 3.05) is 11.6 Å². The van der Waals surface area contributed by atoms with Crippen molar-refractivity contribution >= 4 is 27.1 Å². The molecule has 0 spiro atoms. The molecule has 0 aliphatic heterocycles. The zero-order valence-electron chi connectivity index (χ0n) is 11.1. The van der Waals surface area contributed by atoms with E-state index in [-0.39, 0.29) is 11.4 Å². The number of anilines is 1. The second kappa shape index (κ2) is 6.14. The smallest absolute Gasteiger partial charge is 0.175 e. The molecule has 5 heteroatoms. The number of hydrogen-bond donors (Lipinski definition) is 1. The fourth-order valence-electron chi connectivity index (χ4n) is 2.44. The summed E-state index contributed by atoms with van der Waals surface area (Å²) in [5.74, 6) is 0. The Balaban J connectivity index is 2.06. The molecule has 2 atom stereocenters. The van der Waals surface area contributed by atoms with E-state index < -0.39 is 9.84 Å². The van der Waals surface area contributed by atoms with E-state index in [9.17, 15) is 8.42 Å². The first kappa shape index (κ1) is 14.7. The normalized spacial score (nSPS) is 24.7. The Bertz CT molecular complexity index is 513. The molecule has 2 rings (SSSR count). The molecule has 0 amide bonds. The Morgan fingerprint density at radius 2 is 1.74 bits per heavy atom. The number of hydrogen-bond acceptors (Lipinski definition) is 3. The third-order valence-corrected chi connectivity index (χ3v) is 5.22. The highest BCUT2D eigenvalue weighted by molar-refractivity contribution is 7.90. The van der Waals surface area contributed by atoms with Gasteiger partial charge in [0.25, 0.3) is 0 Å².